The third-order valence-electron chi connectivity index (χ3n) is 2.28. The average Bonchev–Trinajstić information content (AvgIpc) is 2.58. The van der Waals surface area contributed by atoms with Crippen molar-refractivity contribution >= 4 is 36.3 Å². The Bertz CT molecular complexity index is 283. The highest BCUT2D eigenvalue weighted by molar-refractivity contribution is 8.00. The van der Waals surface area contributed by atoms with E-state index in [2.05, 4.69) is 26.5 Å². The molecule has 0 aliphatic carbocycles. The van der Waals surface area contributed by atoms with Crippen molar-refractivity contribution in [1.82, 2.24) is 0 Å². The van der Waals surface area contributed by atoms with E-state index in [1.165, 1.54) is 0 Å². The molecule has 100 valence electrons. The van der Waals surface area contributed by atoms with Crippen molar-refractivity contribution in [2.45, 2.75) is 31.1 Å². The zero-order valence-corrected chi connectivity index (χ0v) is 11.6. The first-order valence-electron chi connectivity index (χ1n) is 5.15. The van der Waals surface area contributed by atoms with Crippen molar-refractivity contribution in [3.8, 4) is 0 Å². The number of carboxylic acids is 2. The molecule has 0 aromatic rings. The van der Waals surface area contributed by atoms with Gasteiger partial charge < -0.3 is 15.9 Å². The second-order valence-electron chi connectivity index (χ2n) is 4.44. The van der Waals surface area contributed by atoms with Crippen molar-refractivity contribution in [2.24, 2.45) is 11.7 Å². The van der Waals surface area contributed by atoms with Gasteiger partial charge in [-0.1, -0.05) is 13.8 Å². The molecule has 0 saturated carbocycles. The number of nitrogens with two attached hydrogens (primary N) is 1. The number of hydrogen-bond donors (Lipinski definition) is 4. The number of aliphatic carboxylic acids is 2. The minimum absolute atomic E-state index is 0.111. The van der Waals surface area contributed by atoms with E-state index < -0.39 is 18.0 Å². The molecule has 0 aromatic heterocycles. The molecule has 7 heteroatoms. The molecule has 17 heavy (non-hydrogen) atoms. The molecule has 1 heterocycles. The fraction of sp³-hybridized carbons (Fsp3) is 0.800. The predicted octanol–water partition coefficient (Wildman–Crippen LogP) is 0.931. The first-order chi connectivity index (χ1) is 7.69. The second-order valence-corrected chi connectivity index (χ2v) is 6.53. The second kappa shape index (κ2) is 7.13. The van der Waals surface area contributed by atoms with E-state index in [1.807, 2.05) is 0 Å². The Morgan fingerprint density at radius 2 is 2.06 bits per heavy atom. The largest absolute Gasteiger partial charge is 0.481 e. The van der Waals surface area contributed by atoms with Crippen LogP contribution in [0.5, 0.6) is 0 Å². The molecule has 4 N–H and O–H groups in total. The normalized spacial score (nSPS) is 23.4. The van der Waals surface area contributed by atoms with Gasteiger partial charge in [0.1, 0.15) is 6.04 Å². The summed E-state index contributed by atoms with van der Waals surface area (Å²) in [6.45, 7) is 4.20. The molecule has 1 aliphatic rings. The van der Waals surface area contributed by atoms with E-state index in [4.69, 9.17) is 15.9 Å². The topological polar surface area (TPSA) is 101 Å². The number of rotatable bonds is 3. The zero-order chi connectivity index (χ0) is 13.6. The maximum Gasteiger partial charge on any atom is 0.321 e. The number of carbonyl (C=O) groups is 2. The summed E-state index contributed by atoms with van der Waals surface area (Å²) in [5.74, 6) is -0.787. The first-order valence-corrected chi connectivity index (χ1v) is 6.77. The molecule has 2 atom stereocenters. The molecule has 0 spiro atoms. The summed E-state index contributed by atoms with van der Waals surface area (Å²) in [5.41, 5.74) is 4.94. The van der Waals surface area contributed by atoms with Crippen molar-refractivity contribution in [3.05, 3.63) is 0 Å². The lowest BCUT2D eigenvalue weighted by atomic mass is 9.99. The smallest absolute Gasteiger partial charge is 0.321 e. The minimum Gasteiger partial charge on any atom is -0.481 e. The summed E-state index contributed by atoms with van der Waals surface area (Å²) < 4.78 is 0.184. The quantitative estimate of drug-likeness (QED) is 0.574. The van der Waals surface area contributed by atoms with Crippen LogP contribution in [0.2, 0.25) is 0 Å². The molecule has 0 amide bonds. The van der Waals surface area contributed by atoms with Gasteiger partial charge in [-0.25, -0.2) is 0 Å². The lowest BCUT2D eigenvalue weighted by molar-refractivity contribution is -0.141. The molecule has 0 bridgehead atoms. The van der Waals surface area contributed by atoms with Crippen LogP contribution in [-0.2, 0) is 9.59 Å². The van der Waals surface area contributed by atoms with Crippen LogP contribution in [0.4, 0.5) is 0 Å². The molecule has 1 saturated heterocycles. The molecule has 0 unspecified atom stereocenters. The van der Waals surface area contributed by atoms with E-state index >= 15 is 0 Å². The van der Waals surface area contributed by atoms with Crippen LogP contribution in [-0.4, -0.2) is 44.4 Å². The molecule has 5 nitrogen and oxygen atoms in total. The summed E-state index contributed by atoms with van der Waals surface area (Å²) in [6, 6.07) is -0.816. The monoisotopic (exact) mass is 281 g/mol. The highest BCUT2D eigenvalue weighted by Crippen LogP contribution is 2.40. The van der Waals surface area contributed by atoms with Gasteiger partial charge in [0, 0.05) is 16.3 Å². The number of hydrogen-bond acceptors (Lipinski definition) is 5. The highest BCUT2D eigenvalue weighted by atomic mass is 32.2. The Kier molecular flexibility index (Phi) is 6.96. The highest BCUT2D eigenvalue weighted by Gasteiger charge is 2.35. The zero-order valence-electron chi connectivity index (χ0n) is 9.92. The van der Waals surface area contributed by atoms with Gasteiger partial charge in [-0.05, 0) is 6.42 Å². The fourth-order valence-corrected chi connectivity index (χ4v) is 2.66. The van der Waals surface area contributed by atoms with E-state index in [-0.39, 0.29) is 16.4 Å². The van der Waals surface area contributed by atoms with Crippen LogP contribution in [0, 0.1) is 5.92 Å². The van der Waals surface area contributed by atoms with Gasteiger partial charge in [-0.15, -0.1) is 0 Å². The van der Waals surface area contributed by atoms with Crippen LogP contribution in [0.3, 0.4) is 0 Å². The van der Waals surface area contributed by atoms with Gasteiger partial charge in [-0.2, -0.15) is 24.4 Å². The number of carboxylic acid groups (broad SMARTS) is 2. The SMILES string of the molecule is CC1(C)C[C@H](C(=O)O)CS1.N[C@@H](CS)C(=O)O. The van der Waals surface area contributed by atoms with Crippen molar-refractivity contribution in [2.75, 3.05) is 11.5 Å². The molecule has 1 fully saturated rings. The standard InChI is InChI=1S/C7H12O2S.C3H7NO2S/c1-7(2)3-5(4-10-7)6(8)9;4-2(1-7)3(5)6/h5H,3-4H2,1-2H3,(H,8,9);2,7H,1,4H2,(H,5,6)/t5-;2-/m00/s1. The predicted molar refractivity (Wildman–Crippen MR) is 71.7 cm³/mol. The Morgan fingerprint density at radius 3 is 2.18 bits per heavy atom. The van der Waals surface area contributed by atoms with Crippen molar-refractivity contribution in [3.63, 3.8) is 0 Å². The Hall–Kier alpha value is -0.400. The molecule has 0 aromatic carbocycles. The van der Waals surface area contributed by atoms with Gasteiger partial charge in [0.25, 0.3) is 0 Å². The Labute approximate surface area is 111 Å². The maximum absolute atomic E-state index is 10.5. The number of thioether (sulfide) groups is 1. The van der Waals surface area contributed by atoms with E-state index in [9.17, 15) is 9.59 Å². The van der Waals surface area contributed by atoms with Gasteiger partial charge in [0.05, 0.1) is 5.92 Å². The van der Waals surface area contributed by atoms with E-state index in [0.29, 0.717) is 0 Å². The average molecular weight is 281 g/mol. The van der Waals surface area contributed by atoms with Crippen LogP contribution < -0.4 is 5.73 Å². The van der Waals surface area contributed by atoms with Crippen LogP contribution in [0.15, 0.2) is 0 Å². The third kappa shape index (κ3) is 6.80. The molecule has 0 radical (unpaired) electrons. The molecule has 1 rings (SSSR count). The molecular formula is C10H19NO4S2. The third-order valence-corrected chi connectivity index (χ3v) is 4.19. The van der Waals surface area contributed by atoms with Gasteiger partial charge in [0.2, 0.25) is 0 Å². The fourth-order valence-electron chi connectivity index (χ4n) is 1.27. The number of thiol groups is 1. The molecule has 1 aliphatic heterocycles. The summed E-state index contributed by atoms with van der Waals surface area (Å²) >= 11 is 5.40. The van der Waals surface area contributed by atoms with Gasteiger partial charge in [-0.3, -0.25) is 9.59 Å². The Balaban J connectivity index is 0.000000325. The summed E-state index contributed by atoms with van der Waals surface area (Å²) in [4.78, 5) is 20.2. The van der Waals surface area contributed by atoms with E-state index in [1.54, 1.807) is 11.8 Å². The first kappa shape index (κ1) is 16.6. The Morgan fingerprint density at radius 1 is 1.53 bits per heavy atom. The maximum atomic E-state index is 10.5. The summed E-state index contributed by atoms with van der Waals surface area (Å²) in [7, 11) is 0. The van der Waals surface area contributed by atoms with Crippen molar-refractivity contribution < 1.29 is 19.8 Å². The lowest BCUT2D eigenvalue weighted by Gasteiger charge is -2.14. The van der Waals surface area contributed by atoms with Crippen LogP contribution in [0.25, 0.3) is 0 Å². The summed E-state index contributed by atoms with van der Waals surface area (Å²) in [6.07, 6.45) is 0.812. The molecular weight excluding hydrogens is 262 g/mol. The lowest BCUT2D eigenvalue weighted by Crippen LogP contribution is -2.31. The van der Waals surface area contributed by atoms with Crippen molar-refractivity contribution in [1.29, 1.82) is 0 Å². The summed E-state index contributed by atoms with van der Waals surface area (Å²) in [5, 5.41) is 16.6. The van der Waals surface area contributed by atoms with Gasteiger partial charge >= 0.3 is 11.9 Å². The minimum atomic E-state index is -1.00. The van der Waals surface area contributed by atoms with Crippen LogP contribution >= 0.6 is 24.4 Å². The van der Waals surface area contributed by atoms with Crippen LogP contribution in [0.1, 0.15) is 20.3 Å². The van der Waals surface area contributed by atoms with E-state index in [0.717, 1.165) is 12.2 Å². The van der Waals surface area contributed by atoms with Gasteiger partial charge in [0.15, 0.2) is 0 Å².